The van der Waals surface area contributed by atoms with Crippen molar-refractivity contribution in [1.29, 1.82) is 0 Å². The van der Waals surface area contributed by atoms with Gasteiger partial charge in [0.1, 0.15) is 0 Å². The summed E-state index contributed by atoms with van der Waals surface area (Å²) in [6.07, 6.45) is 30.0. The van der Waals surface area contributed by atoms with E-state index in [9.17, 15) is 0 Å². The van der Waals surface area contributed by atoms with Gasteiger partial charge in [0.25, 0.3) is 0 Å². The molecule has 0 aromatic heterocycles. The fourth-order valence-electron chi connectivity index (χ4n) is 5.22. The standard InChI is InChI=1S/C24H42/c1-3-5-6-11-21-16-18-22(19-17-21)12-7-8-13-24-15-9-14-23(20-24)10-4-2/h3-5,10,21-24H,6-9,11-20H2,1-2H3/b5-3+,10-4-. The summed E-state index contributed by atoms with van der Waals surface area (Å²) >= 11 is 0. The third kappa shape index (κ3) is 7.58. The fourth-order valence-corrected chi connectivity index (χ4v) is 5.22. The zero-order valence-corrected chi connectivity index (χ0v) is 16.5. The maximum Gasteiger partial charge on any atom is -0.0231 e. The molecule has 24 heavy (non-hydrogen) atoms. The molecule has 2 aliphatic rings. The van der Waals surface area contributed by atoms with E-state index in [4.69, 9.17) is 0 Å². The number of hydrogen-bond donors (Lipinski definition) is 0. The second kappa shape index (κ2) is 11.9. The highest BCUT2D eigenvalue weighted by Crippen LogP contribution is 2.36. The van der Waals surface area contributed by atoms with Crippen molar-refractivity contribution in [2.45, 2.75) is 104 Å². The van der Waals surface area contributed by atoms with Crippen LogP contribution in [0, 0.1) is 23.7 Å². The van der Waals surface area contributed by atoms with Gasteiger partial charge in [0.05, 0.1) is 0 Å². The zero-order chi connectivity index (χ0) is 17.0. The minimum Gasteiger partial charge on any atom is -0.0917 e. The molecule has 2 unspecified atom stereocenters. The molecule has 0 saturated heterocycles. The molecule has 2 saturated carbocycles. The molecule has 2 aliphatic carbocycles. The van der Waals surface area contributed by atoms with Crippen LogP contribution in [0.1, 0.15) is 104 Å². The Bertz CT molecular complexity index is 356. The average Bonchev–Trinajstić information content (AvgIpc) is 2.61. The summed E-state index contributed by atoms with van der Waals surface area (Å²) in [6, 6.07) is 0. The first kappa shape index (κ1) is 19.8. The smallest absolute Gasteiger partial charge is 0.0231 e. The van der Waals surface area contributed by atoms with Crippen molar-refractivity contribution in [3.05, 3.63) is 24.3 Å². The lowest BCUT2D eigenvalue weighted by molar-refractivity contribution is 0.242. The molecule has 0 spiro atoms. The lowest BCUT2D eigenvalue weighted by atomic mass is 9.77. The van der Waals surface area contributed by atoms with Gasteiger partial charge >= 0.3 is 0 Å². The second-order valence-electron chi connectivity index (χ2n) is 8.64. The Morgan fingerprint density at radius 1 is 0.708 bits per heavy atom. The first-order valence-electron chi connectivity index (χ1n) is 11.1. The Balaban J connectivity index is 1.51. The highest BCUT2D eigenvalue weighted by Gasteiger charge is 2.22. The van der Waals surface area contributed by atoms with E-state index in [2.05, 4.69) is 38.2 Å². The molecule has 2 atom stereocenters. The minimum absolute atomic E-state index is 0.895. The van der Waals surface area contributed by atoms with E-state index in [1.165, 1.54) is 89.9 Å². The summed E-state index contributed by atoms with van der Waals surface area (Å²) < 4.78 is 0. The molecule has 0 heteroatoms. The van der Waals surface area contributed by atoms with Gasteiger partial charge in [-0.15, -0.1) is 0 Å². The Labute approximate surface area is 152 Å². The first-order valence-corrected chi connectivity index (χ1v) is 11.1. The van der Waals surface area contributed by atoms with Crippen molar-refractivity contribution in [2.24, 2.45) is 23.7 Å². The summed E-state index contributed by atoms with van der Waals surface area (Å²) in [5, 5.41) is 0. The molecule has 2 fully saturated rings. The molecule has 0 aromatic rings. The SMILES string of the molecule is C/C=C\C1CCCC(CCCCC2CCC(CC/C=C/C)CC2)C1. The Kier molecular flexibility index (Phi) is 9.85. The molecule has 0 radical (unpaired) electrons. The van der Waals surface area contributed by atoms with Crippen molar-refractivity contribution in [2.75, 3.05) is 0 Å². The van der Waals surface area contributed by atoms with E-state index in [0.29, 0.717) is 0 Å². The van der Waals surface area contributed by atoms with Crippen molar-refractivity contribution >= 4 is 0 Å². The topological polar surface area (TPSA) is 0 Å². The highest BCUT2D eigenvalue weighted by molar-refractivity contribution is 4.89. The molecular weight excluding hydrogens is 288 g/mol. The van der Waals surface area contributed by atoms with Crippen LogP contribution in [0.2, 0.25) is 0 Å². The van der Waals surface area contributed by atoms with Crippen LogP contribution in [-0.2, 0) is 0 Å². The molecule has 0 amide bonds. The van der Waals surface area contributed by atoms with Crippen LogP contribution < -0.4 is 0 Å². The average molecular weight is 331 g/mol. The molecule has 0 aliphatic heterocycles. The fraction of sp³-hybridized carbons (Fsp3) is 0.833. The number of unbranched alkanes of at least 4 members (excludes halogenated alkanes) is 1. The van der Waals surface area contributed by atoms with Gasteiger partial charge in [-0.2, -0.15) is 0 Å². The van der Waals surface area contributed by atoms with Crippen molar-refractivity contribution in [1.82, 2.24) is 0 Å². The summed E-state index contributed by atoms with van der Waals surface area (Å²) in [4.78, 5) is 0. The van der Waals surface area contributed by atoms with Gasteiger partial charge in [-0.25, -0.2) is 0 Å². The summed E-state index contributed by atoms with van der Waals surface area (Å²) in [6.45, 7) is 4.32. The predicted molar refractivity (Wildman–Crippen MR) is 108 cm³/mol. The Morgan fingerprint density at radius 2 is 1.38 bits per heavy atom. The molecule has 0 bridgehead atoms. The third-order valence-electron chi connectivity index (χ3n) is 6.71. The number of hydrogen-bond acceptors (Lipinski definition) is 0. The molecule has 0 N–H and O–H groups in total. The van der Waals surface area contributed by atoms with Crippen molar-refractivity contribution < 1.29 is 0 Å². The third-order valence-corrected chi connectivity index (χ3v) is 6.71. The quantitative estimate of drug-likeness (QED) is 0.296. The van der Waals surface area contributed by atoms with Crippen LogP contribution in [0.5, 0.6) is 0 Å². The summed E-state index contributed by atoms with van der Waals surface area (Å²) in [5.41, 5.74) is 0. The van der Waals surface area contributed by atoms with Gasteiger partial charge in [-0.05, 0) is 63.2 Å². The highest BCUT2D eigenvalue weighted by atomic mass is 14.3. The van der Waals surface area contributed by atoms with Crippen LogP contribution >= 0.6 is 0 Å². The van der Waals surface area contributed by atoms with Crippen LogP contribution in [-0.4, -0.2) is 0 Å². The monoisotopic (exact) mass is 330 g/mol. The Hall–Kier alpha value is -0.520. The number of rotatable bonds is 9. The van der Waals surface area contributed by atoms with Gasteiger partial charge < -0.3 is 0 Å². The van der Waals surface area contributed by atoms with Gasteiger partial charge in [-0.1, -0.05) is 88.5 Å². The normalized spacial score (nSPS) is 31.9. The lowest BCUT2D eigenvalue weighted by Gasteiger charge is -2.29. The predicted octanol–water partition coefficient (Wildman–Crippen LogP) is 8.09. The van der Waals surface area contributed by atoms with E-state index in [-0.39, 0.29) is 0 Å². The molecular formula is C24H42. The van der Waals surface area contributed by atoms with Crippen LogP contribution in [0.25, 0.3) is 0 Å². The van der Waals surface area contributed by atoms with Gasteiger partial charge in [0.2, 0.25) is 0 Å². The van der Waals surface area contributed by atoms with Crippen LogP contribution in [0.3, 0.4) is 0 Å². The van der Waals surface area contributed by atoms with Gasteiger partial charge in [0.15, 0.2) is 0 Å². The molecule has 138 valence electrons. The molecule has 0 nitrogen and oxygen atoms in total. The van der Waals surface area contributed by atoms with E-state index >= 15 is 0 Å². The summed E-state index contributed by atoms with van der Waals surface area (Å²) in [7, 11) is 0. The van der Waals surface area contributed by atoms with Gasteiger partial charge in [0, 0.05) is 0 Å². The Morgan fingerprint density at radius 3 is 2.04 bits per heavy atom. The van der Waals surface area contributed by atoms with Crippen LogP contribution in [0.4, 0.5) is 0 Å². The van der Waals surface area contributed by atoms with E-state index in [1.54, 1.807) is 0 Å². The van der Waals surface area contributed by atoms with Crippen LogP contribution in [0.15, 0.2) is 24.3 Å². The molecule has 0 aromatic carbocycles. The van der Waals surface area contributed by atoms with Crippen molar-refractivity contribution in [3.8, 4) is 0 Å². The molecule has 0 heterocycles. The van der Waals surface area contributed by atoms with E-state index in [0.717, 1.165) is 23.7 Å². The first-order chi connectivity index (χ1) is 11.8. The maximum atomic E-state index is 2.46. The second-order valence-corrected chi connectivity index (χ2v) is 8.64. The lowest BCUT2D eigenvalue weighted by Crippen LogP contribution is -2.15. The largest absolute Gasteiger partial charge is 0.0917 e. The van der Waals surface area contributed by atoms with E-state index in [1.807, 2.05) is 0 Å². The number of allylic oxidation sites excluding steroid dienone is 4. The van der Waals surface area contributed by atoms with Gasteiger partial charge in [-0.3, -0.25) is 0 Å². The zero-order valence-electron chi connectivity index (χ0n) is 16.5. The van der Waals surface area contributed by atoms with Crippen molar-refractivity contribution in [3.63, 3.8) is 0 Å². The maximum absolute atomic E-state index is 2.46. The molecule has 2 rings (SSSR count). The summed E-state index contributed by atoms with van der Waals surface area (Å²) in [5.74, 6) is 4.02. The van der Waals surface area contributed by atoms with E-state index < -0.39 is 0 Å². The minimum atomic E-state index is 0.895.